The second kappa shape index (κ2) is 5.70. The standard InChI is InChI=1S/C14H15IN2O/c15-11-5-4-6-12(9-11)17-13(18)14(10-16)7-2-1-3-8-14/h4-6,9H,1-3,7-8H2,(H,17,18). The van der Waals surface area contributed by atoms with Gasteiger partial charge in [-0.2, -0.15) is 5.26 Å². The van der Waals surface area contributed by atoms with Crippen molar-refractivity contribution in [3.8, 4) is 6.07 Å². The third-order valence-corrected chi connectivity index (χ3v) is 4.11. The molecule has 2 rings (SSSR count). The molecule has 0 aliphatic heterocycles. The molecule has 0 heterocycles. The molecule has 1 amide bonds. The van der Waals surface area contributed by atoms with Gasteiger partial charge in [0, 0.05) is 9.26 Å². The minimum Gasteiger partial charge on any atom is -0.325 e. The molecule has 1 aromatic carbocycles. The smallest absolute Gasteiger partial charge is 0.244 e. The molecule has 0 saturated heterocycles. The van der Waals surface area contributed by atoms with Crippen molar-refractivity contribution in [1.29, 1.82) is 5.26 Å². The van der Waals surface area contributed by atoms with Crippen molar-refractivity contribution in [2.75, 3.05) is 5.32 Å². The van der Waals surface area contributed by atoms with Crippen molar-refractivity contribution < 1.29 is 4.79 Å². The lowest BCUT2D eigenvalue weighted by Crippen LogP contribution is -2.36. The lowest BCUT2D eigenvalue weighted by molar-refractivity contribution is -0.124. The summed E-state index contributed by atoms with van der Waals surface area (Å²) >= 11 is 2.20. The van der Waals surface area contributed by atoms with Crippen LogP contribution < -0.4 is 5.32 Å². The molecular formula is C14H15IN2O. The second-order valence-corrected chi connectivity index (χ2v) is 5.96. The normalized spacial score (nSPS) is 17.8. The molecule has 1 N–H and O–H groups in total. The molecule has 0 radical (unpaired) electrons. The number of nitrogens with zero attached hydrogens (tertiary/aromatic N) is 1. The van der Waals surface area contributed by atoms with Crippen LogP contribution in [0.1, 0.15) is 32.1 Å². The predicted molar refractivity (Wildman–Crippen MR) is 78.9 cm³/mol. The van der Waals surface area contributed by atoms with E-state index in [1.165, 1.54) is 0 Å². The highest BCUT2D eigenvalue weighted by Gasteiger charge is 2.39. The first-order chi connectivity index (χ1) is 8.66. The van der Waals surface area contributed by atoms with Crippen LogP contribution >= 0.6 is 22.6 Å². The number of amides is 1. The van der Waals surface area contributed by atoms with E-state index in [4.69, 9.17) is 0 Å². The first-order valence-electron chi connectivity index (χ1n) is 6.15. The zero-order valence-corrected chi connectivity index (χ0v) is 12.2. The van der Waals surface area contributed by atoms with Gasteiger partial charge in [0.15, 0.2) is 0 Å². The maximum Gasteiger partial charge on any atom is 0.244 e. The van der Waals surface area contributed by atoms with Crippen molar-refractivity contribution in [3.05, 3.63) is 27.8 Å². The zero-order chi connectivity index (χ0) is 13.0. The largest absolute Gasteiger partial charge is 0.325 e. The van der Waals surface area contributed by atoms with Crippen LogP contribution in [0.4, 0.5) is 5.69 Å². The van der Waals surface area contributed by atoms with Gasteiger partial charge in [-0.1, -0.05) is 25.3 Å². The quantitative estimate of drug-likeness (QED) is 0.824. The first kappa shape index (κ1) is 13.3. The molecule has 1 aromatic rings. The summed E-state index contributed by atoms with van der Waals surface area (Å²) in [7, 11) is 0. The molecule has 94 valence electrons. The maximum atomic E-state index is 12.3. The summed E-state index contributed by atoms with van der Waals surface area (Å²) in [4.78, 5) is 12.3. The highest BCUT2D eigenvalue weighted by Crippen LogP contribution is 2.36. The monoisotopic (exact) mass is 354 g/mol. The molecule has 1 fully saturated rings. The average molecular weight is 354 g/mol. The summed E-state index contributed by atoms with van der Waals surface area (Å²) in [6.07, 6.45) is 4.42. The SMILES string of the molecule is N#CC1(C(=O)Nc2cccc(I)c2)CCCCC1. The number of benzene rings is 1. The maximum absolute atomic E-state index is 12.3. The molecule has 0 atom stereocenters. The Labute approximate surface area is 121 Å². The summed E-state index contributed by atoms with van der Waals surface area (Å²) < 4.78 is 1.07. The minimum absolute atomic E-state index is 0.147. The highest BCUT2D eigenvalue weighted by molar-refractivity contribution is 14.1. The molecule has 3 nitrogen and oxygen atoms in total. The fourth-order valence-corrected chi connectivity index (χ4v) is 2.91. The second-order valence-electron chi connectivity index (χ2n) is 4.72. The zero-order valence-electron chi connectivity index (χ0n) is 10.1. The van der Waals surface area contributed by atoms with Crippen LogP contribution in [-0.2, 0) is 4.79 Å². The Kier molecular flexibility index (Phi) is 4.23. The van der Waals surface area contributed by atoms with E-state index < -0.39 is 5.41 Å². The Hall–Kier alpha value is -1.09. The molecule has 1 saturated carbocycles. The Morgan fingerprint density at radius 3 is 2.67 bits per heavy atom. The molecule has 0 aromatic heterocycles. The first-order valence-corrected chi connectivity index (χ1v) is 7.22. The third kappa shape index (κ3) is 2.83. The van der Waals surface area contributed by atoms with Gasteiger partial charge in [0.2, 0.25) is 5.91 Å². The van der Waals surface area contributed by atoms with Crippen molar-refractivity contribution in [3.63, 3.8) is 0 Å². The summed E-state index contributed by atoms with van der Waals surface area (Å²) in [5.74, 6) is -0.147. The van der Waals surface area contributed by atoms with Crippen molar-refractivity contribution >= 4 is 34.2 Å². The van der Waals surface area contributed by atoms with Crippen molar-refractivity contribution in [2.45, 2.75) is 32.1 Å². The van der Waals surface area contributed by atoms with Gasteiger partial charge in [0.05, 0.1) is 6.07 Å². The summed E-state index contributed by atoms with van der Waals surface area (Å²) in [5.41, 5.74) is -0.0495. The fraction of sp³-hybridized carbons (Fsp3) is 0.429. The molecule has 0 spiro atoms. The number of nitriles is 1. The lowest BCUT2D eigenvalue weighted by atomic mass is 9.74. The van der Waals surface area contributed by atoms with Gasteiger partial charge in [-0.05, 0) is 53.6 Å². The van der Waals surface area contributed by atoms with Crippen LogP contribution in [0.25, 0.3) is 0 Å². The van der Waals surface area contributed by atoms with Crippen LogP contribution in [0.2, 0.25) is 0 Å². The Bertz CT molecular complexity index is 487. The Balaban J connectivity index is 2.13. The van der Waals surface area contributed by atoms with Gasteiger partial charge in [-0.15, -0.1) is 0 Å². The van der Waals surface area contributed by atoms with Gasteiger partial charge in [0.1, 0.15) is 5.41 Å². The molecule has 0 unspecified atom stereocenters. The number of hydrogen-bond donors (Lipinski definition) is 1. The highest BCUT2D eigenvalue weighted by atomic mass is 127. The molecule has 1 aliphatic carbocycles. The Morgan fingerprint density at radius 1 is 1.33 bits per heavy atom. The number of halogens is 1. The van der Waals surface area contributed by atoms with E-state index in [-0.39, 0.29) is 5.91 Å². The average Bonchev–Trinajstić information content (AvgIpc) is 2.39. The number of anilines is 1. The van der Waals surface area contributed by atoms with Crippen LogP contribution in [-0.4, -0.2) is 5.91 Å². The topological polar surface area (TPSA) is 52.9 Å². The summed E-state index contributed by atoms with van der Waals surface area (Å²) in [5, 5.41) is 12.2. The van der Waals surface area contributed by atoms with Crippen molar-refractivity contribution in [1.82, 2.24) is 0 Å². The van der Waals surface area contributed by atoms with E-state index in [0.717, 1.165) is 28.5 Å². The number of carbonyl (C=O) groups is 1. The summed E-state index contributed by atoms with van der Waals surface area (Å²) in [6, 6.07) is 9.87. The number of carbonyl (C=O) groups excluding carboxylic acids is 1. The number of rotatable bonds is 2. The molecule has 0 bridgehead atoms. The van der Waals surface area contributed by atoms with E-state index in [1.807, 2.05) is 24.3 Å². The van der Waals surface area contributed by atoms with E-state index in [1.54, 1.807) is 0 Å². The van der Waals surface area contributed by atoms with Crippen LogP contribution in [0.3, 0.4) is 0 Å². The van der Waals surface area contributed by atoms with Gasteiger partial charge in [-0.3, -0.25) is 4.79 Å². The fourth-order valence-electron chi connectivity index (χ4n) is 2.36. The minimum atomic E-state index is -0.820. The Morgan fingerprint density at radius 2 is 2.06 bits per heavy atom. The molecule has 1 aliphatic rings. The van der Waals surface area contributed by atoms with E-state index in [9.17, 15) is 10.1 Å². The van der Waals surface area contributed by atoms with Gasteiger partial charge >= 0.3 is 0 Å². The van der Waals surface area contributed by atoms with Crippen LogP contribution in [0.15, 0.2) is 24.3 Å². The summed E-state index contributed by atoms with van der Waals surface area (Å²) in [6.45, 7) is 0. The third-order valence-electron chi connectivity index (χ3n) is 3.44. The molecule has 18 heavy (non-hydrogen) atoms. The lowest BCUT2D eigenvalue weighted by Gasteiger charge is -2.29. The van der Waals surface area contributed by atoms with Crippen LogP contribution in [0, 0.1) is 20.3 Å². The van der Waals surface area contributed by atoms with Crippen LogP contribution in [0.5, 0.6) is 0 Å². The van der Waals surface area contributed by atoms with Gasteiger partial charge in [-0.25, -0.2) is 0 Å². The molecule has 4 heteroatoms. The van der Waals surface area contributed by atoms with Crippen molar-refractivity contribution in [2.24, 2.45) is 5.41 Å². The van der Waals surface area contributed by atoms with E-state index in [2.05, 4.69) is 34.0 Å². The molecular weight excluding hydrogens is 339 g/mol. The van der Waals surface area contributed by atoms with E-state index in [0.29, 0.717) is 12.8 Å². The van der Waals surface area contributed by atoms with Gasteiger partial charge in [0.25, 0.3) is 0 Å². The number of hydrogen-bond acceptors (Lipinski definition) is 2. The van der Waals surface area contributed by atoms with Gasteiger partial charge < -0.3 is 5.32 Å². The van der Waals surface area contributed by atoms with E-state index >= 15 is 0 Å². The predicted octanol–water partition coefficient (Wildman–Crippen LogP) is 3.70. The number of nitrogens with one attached hydrogen (secondary N) is 1.